The van der Waals surface area contributed by atoms with Crippen molar-refractivity contribution in [3.8, 4) is 0 Å². The Hall–Kier alpha value is -1.72. The minimum atomic E-state index is -0.382. The SMILES string of the molecule is O[C@@H](CNC(CCN1CCOCC1)c1ccccc1)Cc1ccccc1. The van der Waals surface area contributed by atoms with Crippen LogP contribution in [0.15, 0.2) is 60.7 Å². The first-order valence-corrected chi connectivity index (χ1v) is 9.61. The van der Waals surface area contributed by atoms with Crippen LogP contribution in [0.1, 0.15) is 23.6 Å². The molecule has 3 rings (SSSR count). The summed E-state index contributed by atoms with van der Waals surface area (Å²) in [5.41, 5.74) is 2.46. The van der Waals surface area contributed by atoms with Gasteiger partial charge in [0.25, 0.3) is 0 Å². The molecule has 2 aromatic rings. The molecule has 2 N–H and O–H groups in total. The highest BCUT2D eigenvalue weighted by molar-refractivity contribution is 5.19. The van der Waals surface area contributed by atoms with E-state index in [-0.39, 0.29) is 12.1 Å². The van der Waals surface area contributed by atoms with Crippen LogP contribution in [0.3, 0.4) is 0 Å². The molecular formula is C22H30N2O2. The number of benzene rings is 2. The average molecular weight is 354 g/mol. The molecule has 0 radical (unpaired) electrons. The average Bonchev–Trinajstić information content (AvgIpc) is 2.70. The van der Waals surface area contributed by atoms with Crippen molar-refractivity contribution in [2.24, 2.45) is 0 Å². The second-order valence-corrected chi connectivity index (χ2v) is 6.96. The zero-order chi connectivity index (χ0) is 18.0. The molecule has 0 amide bonds. The molecule has 2 aromatic carbocycles. The van der Waals surface area contributed by atoms with Crippen molar-refractivity contribution in [1.82, 2.24) is 10.2 Å². The van der Waals surface area contributed by atoms with E-state index in [0.29, 0.717) is 13.0 Å². The molecule has 4 nitrogen and oxygen atoms in total. The first-order chi connectivity index (χ1) is 12.8. The maximum absolute atomic E-state index is 10.4. The summed E-state index contributed by atoms with van der Waals surface area (Å²) >= 11 is 0. The summed E-state index contributed by atoms with van der Waals surface area (Å²) in [5.74, 6) is 0. The molecule has 0 aliphatic carbocycles. The zero-order valence-corrected chi connectivity index (χ0v) is 15.4. The second-order valence-electron chi connectivity index (χ2n) is 6.96. The van der Waals surface area contributed by atoms with E-state index in [1.165, 1.54) is 11.1 Å². The van der Waals surface area contributed by atoms with Crippen LogP contribution in [-0.2, 0) is 11.2 Å². The van der Waals surface area contributed by atoms with E-state index in [0.717, 1.165) is 39.3 Å². The molecule has 26 heavy (non-hydrogen) atoms. The smallest absolute Gasteiger partial charge is 0.0705 e. The molecule has 1 saturated heterocycles. The Bertz CT molecular complexity index is 615. The first kappa shape index (κ1) is 19.1. The molecule has 1 fully saturated rings. The van der Waals surface area contributed by atoms with E-state index < -0.39 is 0 Å². The van der Waals surface area contributed by atoms with Crippen LogP contribution in [0.4, 0.5) is 0 Å². The predicted octanol–water partition coefficient (Wildman–Crippen LogP) is 2.64. The van der Waals surface area contributed by atoms with E-state index in [9.17, 15) is 5.11 Å². The zero-order valence-electron chi connectivity index (χ0n) is 15.4. The van der Waals surface area contributed by atoms with Crippen LogP contribution in [-0.4, -0.2) is 55.5 Å². The Morgan fingerprint density at radius 2 is 1.62 bits per heavy atom. The number of morpholine rings is 1. The van der Waals surface area contributed by atoms with E-state index in [4.69, 9.17) is 4.74 Å². The lowest BCUT2D eigenvalue weighted by atomic mass is 10.0. The third-order valence-corrected chi connectivity index (χ3v) is 4.95. The van der Waals surface area contributed by atoms with Gasteiger partial charge < -0.3 is 15.2 Å². The summed E-state index contributed by atoms with van der Waals surface area (Å²) in [7, 11) is 0. The van der Waals surface area contributed by atoms with Gasteiger partial charge in [0.2, 0.25) is 0 Å². The summed E-state index contributed by atoms with van der Waals surface area (Å²) in [6, 6.07) is 21.0. The first-order valence-electron chi connectivity index (χ1n) is 9.61. The molecule has 4 heteroatoms. The number of nitrogens with zero attached hydrogens (tertiary/aromatic N) is 1. The van der Waals surface area contributed by atoms with Crippen molar-refractivity contribution >= 4 is 0 Å². The topological polar surface area (TPSA) is 44.7 Å². The van der Waals surface area contributed by atoms with Crippen molar-refractivity contribution in [2.45, 2.75) is 25.0 Å². The minimum Gasteiger partial charge on any atom is -0.391 e. The Labute approximate surface area is 156 Å². The van der Waals surface area contributed by atoms with Gasteiger partial charge >= 0.3 is 0 Å². The van der Waals surface area contributed by atoms with Crippen molar-refractivity contribution in [1.29, 1.82) is 0 Å². The summed E-state index contributed by atoms with van der Waals surface area (Å²) < 4.78 is 5.44. The van der Waals surface area contributed by atoms with E-state index in [2.05, 4.69) is 46.6 Å². The second kappa shape index (κ2) is 10.4. The van der Waals surface area contributed by atoms with Crippen LogP contribution in [0.5, 0.6) is 0 Å². The van der Waals surface area contributed by atoms with Crippen LogP contribution in [0.25, 0.3) is 0 Å². The Morgan fingerprint density at radius 3 is 2.31 bits per heavy atom. The van der Waals surface area contributed by atoms with Gasteiger partial charge in [-0.05, 0) is 24.0 Å². The Balaban J connectivity index is 1.53. The molecule has 2 atom stereocenters. The van der Waals surface area contributed by atoms with Crippen LogP contribution < -0.4 is 5.32 Å². The minimum absolute atomic E-state index is 0.254. The summed E-state index contributed by atoms with van der Waals surface area (Å²) in [5, 5.41) is 14.0. The number of hydrogen-bond acceptors (Lipinski definition) is 4. The van der Waals surface area contributed by atoms with Crippen molar-refractivity contribution in [2.75, 3.05) is 39.4 Å². The van der Waals surface area contributed by atoms with E-state index in [1.807, 2.05) is 24.3 Å². The van der Waals surface area contributed by atoms with Crippen LogP contribution in [0, 0.1) is 0 Å². The van der Waals surface area contributed by atoms with Gasteiger partial charge in [-0.15, -0.1) is 0 Å². The predicted molar refractivity (Wildman–Crippen MR) is 105 cm³/mol. The van der Waals surface area contributed by atoms with Crippen molar-refractivity contribution in [3.63, 3.8) is 0 Å². The maximum atomic E-state index is 10.4. The van der Waals surface area contributed by atoms with Gasteiger partial charge in [0.05, 0.1) is 19.3 Å². The third-order valence-electron chi connectivity index (χ3n) is 4.95. The van der Waals surface area contributed by atoms with Crippen LogP contribution >= 0.6 is 0 Å². The Morgan fingerprint density at radius 1 is 0.962 bits per heavy atom. The van der Waals surface area contributed by atoms with Crippen molar-refractivity contribution < 1.29 is 9.84 Å². The molecule has 1 unspecified atom stereocenters. The fourth-order valence-corrected chi connectivity index (χ4v) is 3.45. The largest absolute Gasteiger partial charge is 0.391 e. The molecule has 1 aliphatic heterocycles. The highest BCUT2D eigenvalue weighted by Crippen LogP contribution is 2.18. The van der Waals surface area contributed by atoms with E-state index in [1.54, 1.807) is 0 Å². The lowest BCUT2D eigenvalue weighted by molar-refractivity contribution is 0.0359. The summed E-state index contributed by atoms with van der Waals surface area (Å²) in [4.78, 5) is 2.46. The number of nitrogens with one attached hydrogen (secondary N) is 1. The number of aliphatic hydroxyl groups excluding tert-OH is 1. The number of hydrogen-bond donors (Lipinski definition) is 2. The number of aliphatic hydroxyl groups is 1. The molecule has 140 valence electrons. The van der Waals surface area contributed by atoms with Gasteiger partial charge in [0, 0.05) is 32.2 Å². The van der Waals surface area contributed by atoms with Gasteiger partial charge in [-0.25, -0.2) is 0 Å². The number of ether oxygens (including phenoxy) is 1. The normalized spacial score (nSPS) is 17.7. The van der Waals surface area contributed by atoms with Gasteiger partial charge in [-0.2, -0.15) is 0 Å². The monoisotopic (exact) mass is 354 g/mol. The maximum Gasteiger partial charge on any atom is 0.0705 e. The molecule has 1 heterocycles. The fraction of sp³-hybridized carbons (Fsp3) is 0.455. The van der Waals surface area contributed by atoms with E-state index >= 15 is 0 Å². The highest BCUT2D eigenvalue weighted by atomic mass is 16.5. The summed E-state index contributed by atoms with van der Waals surface area (Å²) in [6.45, 7) is 5.33. The lowest BCUT2D eigenvalue weighted by Gasteiger charge is -2.29. The summed E-state index contributed by atoms with van der Waals surface area (Å²) in [6.07, 6.45) is 1.33. The quantitative estimate of drug-likeness (QED) is 0.727. The van der Waals surface area contributed by atoms with Gasteiger partial charge in [-0.1, -0.05) is 60.7 Å². The highest BCUT2D eigenvalue weighted by Gasteiger charge is 2.16. The van der Waals surface area contributed by atoms with Crippen LogP contribution in [0.2, 0.25) is 0 Å². The Kier molecular flexibility index (Phi) is 7.65. The molecule has 0 bridgehead atoms. The number of rotatable bonds is 9. The fourth-order valence-electron chi connectivity index (χ4n) is 3.45. The van der Waals surface area contributed by atoms with Crippen molar-refractivity contribution in [3.05, 3.63) is 71.8 Å². The lowest BCUT2D eigenvalue weighted by Crippen LogP contribution is -2.39. The molecule has 1 aliphatic rings. The third kappa shape index (κ3) is 6.22. The standard InChI is InChI=1S/C22H30N2O2/c25-21(17-19-7-3-1-4-8-19)18-23-22(20-9-5-2-6-10-20)11-12-24-13-15-26-16-14-24/h1-10,21-23,25H,11-18H2/t21-,22?/m1/s1. The molecule has 0 aromatic heterocycles. The molecule has 0 saturated carbocycles. The molecule has 0 spiro atoms. The molecular weight excluding hydrogens is 324 g/mol. The van der Waals surface area contributed by atoms with Gasteiger partial charge in [0.1, 0.15) is 0 Å². The van der Waals surface area contributed by atoms with Gasteiger partial charge in [0.15, 0.2) is 0 Å². The van der Waals surface area contributed by atoms with Gasteiger partial charge in [-0.3, -0.25) is 4.90 Å².